The maximum absolute atomic E-state index is 13.5. The number of nitriles is 1. The number of hydrogen-bond acceptors (Lipinski definition) is 6. The van der Waals surface area contributed by atoms with Crippen molar-refractivity contribution in [2.24, 2.45) is 0 Å². The summed E-state index contributed by atoms with van der Waals surface area (Å²) in [4.78, 5) is 26.3. The topological polar surface area (TPSA) is 105 Å². The zero-order valence-corrected chi connectivity index (χ0v) is 20.6. The van der Waals surface area contributed by atoms with Crippen molar-refractivity contribution in [1.29, 1.82) is 5.26 Å². The van der Waals surface area contributed by atoms with Crippen LogP contribution in [0.25, 0.3) is 22.4 Å². The molecule has 1 N–H and O–H groups in total. The number of aryl methyl sites for hydroxylation is 2. The summed E-state index contributed by atoms with van der Waals surface area (Å²) >= 11 is 1.25. The first kappa shape index (κ1) is 23.1. The van der Waals surface area contributed by atoms with Crippen molar-refractivity contribution >= 4 is 34.3 Å². The summed E-state index contributed by atoms with van der Waals surface area (Å²) in [5.74, 6) is 0.285. The van der Waals surface area contributed by atoms with Crippen molar-refractivity contribution in [1.82, 2.24) is 24.5 Å². The van der Waals surface area contributed by atoms with Gasteiger partial charge in [-0.1, -0.05) is 60.9 Å². The van der Waals surface area contributed by atoms with E-state index in [1.54, 1.807) is 10.6 Å². The van der Waals surface area contributed by atoms with Crippen molar-refractivity contribution in [3.05, 3.63) is 63.9 Å². The molecule has 4 aromatic rings. The third kappa shape index (κ3) is 4.19. The van der Waals surface area contributed by atoms with Gasteiger partial charge in [-0.15, -0.1) is 10.2 Å². The fourth-order valence-electron chi connectivity index (χ4n) is 4.90. The van der Waals surface area contributed by atoms with Crippen LogP contribution in [-0.4, -0.2) is 36.4 Å². The first-order valence-corrected chi connectivity index (χ1v) is 12.7. The van der Waals surface area contributed by atoms with Crippen LogP contribution in [-0.2, 0) is 4.79 Å². The van der Waals surface area contributed by atoms with Gasteiger partial charge in [0.15, 0.2) is 5.16 Å². The fraction of sp³-hybridized carbons (Fsp3) is 0.346. The van der Waals surface area contributed by atoms with Gasteiger partial charge in [-0.25, -0.2) is 4.57 Å². The van der Waals surface area contributed by atoms with E-state index in [4.69, 9.17) is 0 Å². The highest BCUT2D eigenvalue weighted by Gasteiger charge is 2.33. The molecule has 0 bridgehead atoms. The van der Waals surface area contributed by atoms with Gasteiger partial charge in [0.2, 0.25) is 11.7 Å². The lowest BCUT2D eigenvalue weighted by molar-refractivity contribution is -0.120. The highest BCUT2D eigenvalue weighted by Crippen LogP contribution is 2.28. The van der Waals surface area contributed by atoms with Gasteiger partial charge in [0.1, 0.15) is 5.54 Å². The van der Waals surface area contributed by atoms with Gasteiger partial charge < -0.3 is 5.32 Å². The van der Waals surface area contributed by atoms with E-state index in [9.17, 15) is 14.9 Å². The molecule has 35 heavy (non-hydrogen) atoms. The van der Waals surface area contributed by atoms with Gasteiger partial charge >= 0.3 is 0 Å². The molecule has 1 aliphatic carbocycles. The summed E-state index contributed by atoms with van der Waals surface area (Å²) in [6.07, 6.45) is 4.34. The summed E-state index contributed by atoms with van der Waals surface area (Å²) < 4.78 is 3.41. The van der Waals surface area contributed by atoms with Crippen LogP contribution in [0.15, 0.2) is 52.4 Å². The van der Waals surface area contributed by atoms with E-state index >= 15 is 0 Å². The highest BCUT2D eigenvalue weighted by atomic mass is 32.2. The van der Waals surface area contributed by atoms with Crippen LogP contribution in [0.2, 0.25) is 0 Å². The quantitative estimate of drug-likeness (QED) is 0.426. The number of rotatable bonds is 5. The molecule has 9 heteroatoms. The Balaban J connectivity index is 1.54. The minimum atomic E-state index is -0.779. The number of carbonyl (C=O) groups excluding carboxylic acids is 1. The molecule has 0 spiro atoms. The molecule has 1 amide bonds. The molecule has 2 aromatic heterocycles. The summed E-state index contributed by atoms with van der Waals surface area (Å²) in [7, 11) is 0. The first-order chi connectivity index (χ1) is 16.9. The molecular formula is C26H26N6O2S. The molecule has 1 saturated carbocycles. The first-order valence-electron chi connectivity index (χ1n) is 11.7. The standard InChI is InChI=1S/C26H26N6O2S/c1-17-10-11-20(18(2)14-17)31-23(34)19-8-4-5-9-21(19)32-24(31)29-30-25(32)35-15-22(33)28-26(16-27)12-6-3-7-13-26/h4-5,8-11,14H,3,6-7,12-13,15H2,1-2H3,(H,28,33). The van der Waals surface area contributed by atoms with E-state index in [2.05, 4.69) is 21.6 Å². The lowest BCUT2D eigenvalue weighted by atomic mass is 9.83. The highest BCUT2D eigenvalue weighted by molar-refractivity contribution is 7.99. The number of benzene rings is 2. The number of amides is 1. The van der Waals surface area contributed by atoms with Gasteiger partial charge in [0.25, 0.3) is 5.56 Å². The van der Waals surface area contributed by atoms with Crippen molar-refractivity contribution in [2.75, 3.05) is 5.75 Å². The summed E-state index contributed by atoms with van der Waals surface area (Å²) in [5.41, 5.74) is 2.53. The molecule has 2 aromatic carbocycles. The number of hydrogen-bond donors (Lipinski definition) is 1. The molecule has 0 radical (unpaired) electrons. The zero-order valence-electron chi connectivity index (χ0n) is 19.7. The number of thioether (sulfide) groups is 1. The van der Waals surface area contributed by atoms with E-state index in [1.807, 2.05) is 54.6 Å². The number of carbonyl (C=O) groups is 1. The third-order valence-electron chi connectivity index (χ3n) is 6.62. The average molecular weight is 487 g/mol. The Labute approximate surface area is 207 Å². The van der Waals surface area contributed by atoms with Crippen LogP contribution in [0.3, 0.4) is 0 Å². The van der Waals surface area contributed by atoms with Crippen LogP contribution in [0.4, 0.5) is 0 Å². The van der Waals surface area contributed by atoms with Crippen LogP contribution in [0, 0.1) is 25.2 Å². The molecule has 5 rings (SSSR count). The Kier molecular flexibility index (Phi) is 6.07. The monoisotopic (exact) mass is 486 g/mol. The summed E-state index contributed by atoms with van der Waals surface area (Å²) in [6, 6.07) is 15.6. The molecule has 1 fully saturated rings. The maximum Gasteiger partial charge on any atom is 0.267 e. The Morgan fingerprint density at radius 3 is 2.66 bits per heavy atom. The number of nitrogens with zero attached hydrogens (tertiary/aromatic N) is 5. The van der Waals surface area contributed by atoms with Crippen LogP contribution >= 0.6 is 11.8 Å². The number of para-hydroxylation sites is 1. The lowest BCUT2D eigenvalue weighted by Gasteiger charge is -2.31. The van der Waals surface area contributed by atoms with Gasteiger partial charge in [0.05, 0.1) is 28.4 Å². The molecule has 0 saturated heterocycles. The Morgan fingerprint density at radius 2 is 1.91 bits per heavy atom. The SMILES string of the molecule is Cc1ccc(-n2c(=O)c3ccccc3n3c(SCC(=O)NC4(C#N)CCCCC4)nnc23)c(C)c1. The zero-order chi connectivity index (χ0) is 24.6. The summed E-state index contributed by atoms with van der Waals surface area (Å²) in [5, 5.41) is 22.4. The molecule has 8 nitrogen and oxygen atoms in total. The second-order valence-corrected chi connectivity index (χ2v) is 10.1. The van der Waals surface area contributed by atoms with Gasteiger partial charge in [0, 0.05) is 0 Å². The predicted octanol–water partition coefficient (Wildman–Crippen LogP) is 4.09. The predicted molar refractivity (Wildman–Crippen MR) is 136 cm³/mol. The molecule has 0 atom stereocenters. The van der Waals surface area contributed by atoms with Crippen molar-refractivity contribution < 1.29 is 4.79 Å². The minimum Gasteiger partial charge on any atom is -0.337 e. The van der Waals surface area contributed by atoms with Crippen LogP contribution in [0.5, 0.6) is 0 Å². The van der Waals surface area contributed by atoms with Gasteiger partial charge in [-0.2, -0.15) is 5.26 Å². The third-order valence-corrected chi connectivity index (χ3v) is 7.55. The molecule has 2 heterocycles. The molecular weight excluding hydrogens is 460 g/mol. The van der Waals surface area contributed by atoms with E-state index in [0.29, 0.717) is 34.7 Å². The second-order valence-electron chi connectivity index (χ2n) is 9.16. The van der Waals surface area contributed by atoms with Crippen molar-refractivity contribution in [3.8, 4) is 11.8 Å². The second kappa shape index (κ2) is 9.19. The molecule has 0 unspecified atom stereocenters. The smallest absolute Gasteiger partial charge is 0.267 e. The fourth-order valence-corrected chi connectivity index (χ4v) is 5.64. The number of nitrogens with one attached hydrogen (secondary N) is 1. The normalized spacial score (nSPS) is 15.2. The van der Waals surface area contributed by atoms with Crippen LogP contribution < -0.4 is 10.9 Å². The van der Waals surface area contributed by atoms with Crippen molar-refractivity contribution in [3.63, 3.8) is 0 Å². The number of aromatic nitrogens is 4. The maximum atomic E-state index is 13.5. The summed E-state index contributed by atoms with van der Waals surface area (Å²) in [6.45, 7) is 3.98. The van der Waals surface area contributed by atoms with E-state index in [0.717, 1.165) is 36.1 Å². The molecule has 1 aliphatic rings. The van der Waals surface area contributed by atoms with Gasteiger partial charge in [-0.05, 0) is 50.5 Å². The Hall–Kier alpha value is -3.64. The van der Waals surface area contributed by atoms with Crippen LogP contribution in [0.1, 0.15) is 43.2 Å². The minimum absolute atomic E-state index is 0.0984. The Morgan fingerprint density at radius 1 is 1.14 bits per heavy atom. The molecule has 0 aliphatic heterocycles. The Bertz CT molecular complexity index is 1540. The average Bonchev–Trinajstić information content (AvgIpc) is 3.28. The lowest BCUT2D eigenvalue weighted by Crippen LogP contribution is -2.49. The van der Waals surface area contributed by atoms with E-state index < -0.39 is 5.54 Å². The number of fused-ring (bicyclic) bond motifs is 3. The largest absolute Gasteiger partial charge is 0.337 e. The van der Waals surface area contributed by atoms with E-state index in [-0.39, 0.29) is 17.2 Å². The molecule has 178 valence electrons. The van der Waals surface area contributed by atoms with E-state index in [1.165, 1.54) is 11.8 Å². The van der Waals surface area contributed by atoms with Crippen molar-refractivity contribution in [2.45, 2.75) is 56.6 Å². The van der Waals surface area contributed by atoms with Gasteiger partial charge in [-0.3, -0.25) is 14.0 Å².